The van der Waals surface area contributed by atoms with Crippen molar-refractivity contribution in [1.82, 2.24) is 0 Å². The quantitative estimate of drug-likeness (QED) is 0.379. The molecular formula is C15H6ClFO5. The Balaban J connectivity index is 2.36. The minimum absolute atomic E-state index is 0.0124. The van der Waals surface area contributed by atoms with E-state index in [9.17, 15) is 19.4 Å². The fraction of sp³-hybridized carbons (Fsp3) is 0. The Morgan fingerprint density at radius 2 is 1.82 bits per heavy atom. The Bertz CT molecular complexity index is 1140. The number of phenols is 2. The Morgan fingerprint density at radius 3 is 2.59 bits per heavy atom. The molecule has 2 heterocycles. The maximum absolute atomic E-state index is 14.0. The number of hydrogen-bond donors (Lipinski definition) is 2. The van der Waals surface area contributed by atoms with Crippen molar-refractivity contribution in [3.63, 3.8) is 0 Å². The third-order valence-electron chi connectivity index (χ3n) is 3.47. The van der Waals surface area contributed by atoms with Crippen LogP contribution in [0.25, 0.3) is 32.9 Å². The van der Waals surface area contributed by atoms with Crippen LogP contribution < -0.4 is 5.63 Å². The number of aromatic hydroxyl groups is 2. The molecule has 110 valence electrons. The van der Waals surface area contributed by atoms with E-state index in [1.54, 1.807) is 6.07 Å². The highest BCUT2D eigenvalue weighted by Crippen LogP contribution is 2.40. The number of benzene rings is 2. The molecule has 0 atom stereocenters. The maximum Gasteiger partial charge on any atom is 0.348 e. The lowest BCUT2D eigenvalue weighted by atomic mass is 10.1. The average Bonchev–Trinajstić information content (AvgIpc) is 2.86. The lowest BCUT2D eigenvalue weighted by Gasteiger charge is -1.98. The van der Waals surface area contributed by atoms with Gasteiger partial charge in [0.25, 0.3) is 0 Å². The van der Waals surface area contributed by atoms with Gasteiger partial charge < -0.3 is 19.0 Å². The summed E-state index contributed by atoms with van der Waals surface area (Å²) in [5.41, 5.74) is -0.777. The van der Waals surface area contributed by atoms with Gasteiger partial charge in [0.15, 0.2) is 22.7 Å². The number of hydrogen-bond acceptors (Lipinski definition) is 5. The zero-order valence-corrected chi connectivity index (χ0v) is 11.4. The van der Waals surface area contributed by atoms with Crippen LogP contribution in [0.1, 0.15) is 0 Å². The molecule has 0 saturated carbocycles. The van der Waals surface area contributed by atoms with Crippen LogP contribution in [0.15, 0.2) is 37.9 Å². The smallest absolute Gasteiger partial charge is 0.348 e. The second-order valence-electron chi connectivity index (χ2n) is 4.77. The van der Waals surface area contributed by atoms with Crippen molar-refractivity contribution < 1.29 is 23.4 Å². The molecule has 22 heavy (non-hydrogen) atoms. The first kappa shape index (κ1) is 13.0. The van der Waals surface area contributed by atoms with Crippen LogP contribution in [-0.2, 0) is 0 Å². The van der Waals surface area contributed by atoms with E-state index < -0.39 is 22.9 Å². The Hall–Kier alpha value is -2.73. The molecule has 4 aromatic rings. The first-order chi connectivity index (χ1) is 10.5. The van der Waals surface area contributed by atoms with Gasteiger partial charge in [-0.05, 0) is 24.3 Å². The summed E-state index contributed by atoms with van der Waals surface area (Å²) < 4.78 is 24.6. The molecule has 0 fully saturated rings. The van der Waals surface area contributed by atoms with E-state index in [-0.39, 0.29) is 27.5 Å². The van der Waals surface area contributed by atoms with Gasteiger partial charge in [-0.3, -0.25) is 0 Å². The van der Waals surface area contributed by atoms with Crippen molar-refractivity contribution >= 4 is 44.5 Å². The Kier molecular flexibility index (Phi) is 2.44. The highest BCUT2D eigenvalue weighted by Gasteiger charge is 2.22. The highest BCUT2D eigenvalue weighted by molar-refractivity contribution is 6.31. The van der Waals surface area contributed by atoms with Crippen LogP contribution in [0, 0.1) is 5.82 Å². The third kappa shape index (κ3) is 1.55. The summed E-state index contributed by atoms with van der Waals surface area (Å²) in [6.45, 7) is 0. The Labute approximate surface area is 125 Å². The molecule has 0 saturated heterocycles. The summed E-state index contributed by atoms with van der Waals surface area (Å²) >= 11 is 5.92. The zero-order chi connectivity index (χ0) is 15.6. The highest BCUT2D eigenvalue weighted by atomic mass is 35.5. The molecule has 0 amide bonds. The molecule has 2 aromatic carbocycles. The topological polar surface area (TPSA) is 83.8 Å². The molecule has 0 radical (unpaired) electrons. The largest absolute Gasteiger partial charge is 0.504 e. The van der Waals surface area contributed by atoms with Crippen LogP contribution >= 0.6 is 11.6 Å². The summed E-state index contributed by atoms with van der Waals surface area (Å²) in [4.78, 5) is 12.1. The van der Waals surface area contributed by atoms with Crippen LogP contribution in [0.5, 0.6) is 11.5 Å². The molecule has 0 aliphatic rings. The molecule has 5 nitrogen and oxygen atoms in total. The van der Waals surface area contributed by atoms with Gasteiger partial charge >= 0.3 is 5.63 Å². The molecule has 0 spiro atoms. The fourth-order valence-electron chi connectivity index (χ4n) is 2.48. The van der Waals surface area contributed by atoms with Crippen LogP contribution in [0.3, 0.4) is 0 Å². The summed E-state index contributed by atoms with van der Waals surface area (Å²) in [5, 5.41) is 19.7. The van der Waals surface area contributed by atoms with Gasteiger partial charge in [-0.15, -0.1) is 0 Å². The molecule has 0 aliphatic heterocycles. The zero-order valence-electron chi connectivity index (χ0n) is 10.7. The second kappa shape index (κ2) is 4.14. The van der Waals surface area contributed by atoms with Gasteiger partial charge in [0.05, 0.1) is 5.39 Å². The van der Waals surface area contributed by atoms with E-state index in [4.69, 9.17) is 20.4 Å². The van der Waals surface area contributed by atoms with Crippen molar-refractivity contribution in [1.29, 1.82) is 0 Å². The predicted octanol–water partition coefficient (Wildman–Crippen LogP) is 3.90. The van der Waals surface area contributed by atoms with Crippen molar-refractivity contribution in [3.8, 4) is 11.5 Å². The molecule has 7 heteroatoms. The molecule has 4 rings (SSSR count). The number of halogens is 2. The van der Waals surface area contributed by atoms with Crippen molar-refractivity contribution in [3.05, 3.63) is 45.5 Å². The minimum Gasteiger partial charge on any atom is -0.504 e. The monoisotopic (exact) mass is 320 g/mol. The molecule has 0 aliphatic carbocycles. The van der Waals surface area contributed by atoms with Crippen molar-refractivity contribution in [2.24, 2.45) is 0 Å². The second-order valence-corrected chi connectivity index (χ2v) is 5.21. The molecule has 0 unspecified atom stereocenters. The predicted molar refractivity (Wildman–Crippen MR) is 78.1 cm³/mol. The Morgan fingerprint density at radius 1 is 1.05 bits per heavy atom. The van der Waals surface area contributed by atoms with Crippen molar-refractivity contribution in [2.45, 2.75) is 0 Å². The summed E-state index contributed by atoms with van der Waals surface area (Å²) in [6, 6.07) is 5.60. The average molecular weight is 321 g/mol. The minimum atomic E-state index is -1.15. The number of fused-ring (bicyclic) bond motifs is 5. The molecule has 2 N–H and O–H groups in total. The van der Waals surface area contributed by atoms with E-state index in [1.807, 2.05) is 0 Å². The van der Waals surface area contributed by atoms with E-state index in [2.05, 4.69) is 0 Å². The van der Waals surface area contributed by atoms with Gasteiger partial charge in [-0.2, -0.15) is 4.39 Å². The third-order valence-corrected chi connectivity index (χ3v) is 3.70. The van der Waals surface area contributed by atoms with Crippen molar-refractivity contribution in [2.75, 3.05) is 0 Å². The summed E-state index contributed by atoms with van der Waals surface area (Å²) in [6.07, 6.45) is 0. The van der Waals surface area contributed by atoms with Gasteiger partial charge in [-0.25, -0.2) is 4.79 Å². The molecule has 2 aromatic heterocycles. The summed E-state index contributed by atoms with van der Waals surface area (Å²) in [5.74, 6) is -2.79. The van der Waals surface area contributed by atoms with E-state index in [1.165, 1.54) is 12.1 Å². The van der Waals surface area contributed by atoms with Gasteiger partial charge in [-0.1, -0.05) is 11.6 Å². The van der Waals surface area contributed by atoms with E-state index in [0.29, 0.717) is 10.4 Å². The molecular weight excluding hydrogens is 315 g/mol. The van der Waals surface area contributed by atoms with Gasteiger partial charge in [0, 0.05) is 10.4 Å². The SMILES string of the molecule is O=c1oc2ccc(Cl)cc2c2oc3c(F)c(O)c(O)cc3c12. The number of furan rings is 1. The summed E-state index contributed by atoms with van der Waals surface area (Å²) in [7, 11) is 0. The van der Waals surface area contributed by atoms with Crippen LogP contribution in [0.4, 0.5) is 4.39 Å². The lowest BCUT2D eigenvalue weighted by Crippen LogP contribution is -1.98. The van der Waals surface area contributed by atoms with Gasteiger partial charge in [0.2, 0.25) is 5.82 Å². The fourth-order valence-corrected chi connectivity index (χ4v) is 2.65. The number of phenolic OH excluding ortho intramolecular Hbond substituents is 2. The first-order valence-corrected chi connectivity index (χ1v) is 6.54. The van der Waals surface area contributed by atoms with Crippen LogP contribution in [0.2, 0.25) is 5.02 Å². The standard InChI is InChI=1S/C15H6ClFO5/c16-5-1-2-9-6(3-5)13-10(15(20)21-9)7-4-8(18)12(19)11(17)14(7)22-13/h1-4,18-19H. The normalized spacial score (nSPS) is 11.7. The van der Waals surface area contributed by atoms with E-state index in [0.717, 1.165) is 6.07 Å². The maximum atomic E-state index is 14.0. The number of rotatable bonds is 0. The first-order valence-electron chi connectivity index (χ1n) is 6.16. The van der Waals surface area contributed by atoms with Crippen LogP contribution in [-0.4, -0.2) is 10.2 Å². The van der Waals surface area contributed by atoms with E-state index >= 15 is 0 Å². The molecule has 0 bridgehead atoms. The lowest BCUT2D eigenvalue weighted by molar-refractivity contribution is 0.379. The van der Waals surface area contributed by atoms with Gasteiger partial charge in [0.1, 0.15) is 11.0 Å².